The van der Waals surface area contributed by atoms with E-state index in [0.717, 1.165) is 0 Å². The molecule has 1 aromatic rings. The number of carboxylic acids is 1. The smallest absolute Gasteiger partial charge is 0.326 e. The Morgan fingerprint density at radius 3 is 2.16 bits per heavy atom. The molecule has 11 N–H and O–H groups in total. The Labute approximate surface area is 219 Å². The van der Waals surface area contributed by atoms with Crippen molar-refractivity contribution < 1.29 is 29.1 Å². The molecule has 37 heavy (non-hydrogen) atoms. The zero-order valence-corrected chi connectivity index (χ0v) is 21.7. The quantitative estimate of drug-likeness (QED) is 0.0890. The summed E-state index contributed by atoms with van der Waals surface area (Å²) in [5.74, 6) is -3.42. The molecule has 0 spiro atoms. The Hall–Kier alpha value is -3.17. The van der Waals surface area contributed by atoms with Crippen molar-refractivity contribution in [2.75, 3.05) is 18.6 Å². The van der Waals surface area contributed by atoms with E-state index in [-0.39, 0.29) is 32.1 Å². The highest BCUT2D eigenvalue weighted by molar-refractivity contribution is 7.98. The fourth-order valence-corrected chi connectivity index (χ4v) is 3.83. The Balaban J connectivity index is 2.93. The van der Waals surface area contributed by atoms with Gasteiger partial charge in [0, 0.05) is 24.7 Å². The number of nitrogens with one attached hydrogen (secondary N) is 4. The van der Waals surface area contributed by atoms with E-state index in [1.807, 2.05) is 6.26 Å². The number of amides is 4. The van der Waals surface area contributed by atoms with Gasteiger partial charge in [0.25, 0.3) is 0 Å². The van der Waals surface area contributed by atoms with Gasteiger partial charge in [-0.25, -0.2) is 9.78 Å². The van der Waals surface area contributed by atoms with Gasteiger partial charge < -0.3 is 43.2 Å². The average molecular weight is 543 g/mol. The van der Waals surface area contributed by atoms with Gasteiger partial charge in [-0.05, 0) is 50.7 Å². The Morgan fingerprint density at radius 2 is 1.62 bits per heavy atom. The van der Waals surface area contributed by atoms with Gasteiger partial charge in [0.15, 0.2) is 0 Å². The minimum absolute atomic E-state index is 0.148. The lowest BCUT2D eigenvalue weighted by molar-refractivity contribution is -0.142. The predicted octanol–water partition coefficient (Wildman–Crippen LogP) is -2.03. The van der Waals surface area contributed by atoms with Crippen LogP contribution in [0.4, 0.5) is 0 Å². The van der Waals surface area contributed by atoms with E-state index in [4.69, 9.17) is 17.2 Å². The van der Waals surface area contributed by atoms with Gasteiger partial charge in [-0.2, -0.15) is 11.8 Å². The third-order valence-corrected chi connectivity index (χ3v) is 6.09. The molecule has 15 heteroatoms. The van der Waals surface area contributed by atoms with Crippen LogP contribution in [-0.4, -0.2) is 87.4 Å². The Kier molecular flexibility index (Phi) is 14.9. The average Bonchev–Trinajstić information content (AvgIpc) is 3.36. The molecule has 14 nitrogen and oxygen atoms in total. The van der Waals surface area contributed by atoms with Gasteiger partial charge in [-0.3, -0.25) is 19.2 Å². The maximum Gasteiger partial charge on any atom is 0.326 e. The van der Waals surface area contributed by atoms with Gasteiger partial charge in [0.2, 0.25) is 23.6 Å². The Bertz CT molecular complexity index is 885. The minimum atomic E-state index is -1.25. The molecule has 0 aromatic carbocycles. The number of carboxylic acid groups (broad SMARTS) is 1. The second-order valence-corrected chi connectivity index (χ2v) is 9.47. The molecule has 0 saturated carbocycles. The summed E-state index contributed by atoms with van der Waals surface area (Å²) in [6.45, 7) is 0.381. The molecule has 0 radical (unpaired) electrons. The molecule has 4 unspecified atom stereocenters. The zero-order chi connectivity index (χ0) is 27.8. The van der Waals surface area contributed by atoms with E-state index < -0.39 is 53.8 Å². The number of rotatable bonds is 19. The molecule has 1 aromatic heterocycles. The van der Waals surface area contributed by atoms with Crippen LogP contribution in [0, 0.1) is 0 Å². The molecule has 0 aliphatic carbocycles. The van der Waals surface area contributed by atoms with Gasteiger partial charge in [0.1, 0.15) is 18.1 Å². The van der Waals surface area contributed by atoms with Crippen LogP contribution in [0.5, 0.6) is 0 Å². The summed E-state index contributed by atoms with van der Waals surface area (Å²) in [6, 6.07) is -4.41. The van der Waals surface area contributed by atoms with Gasteiger partial charge in [-0.1, -0.05) is 0 Å². The maximum atomic E-state index is 13.1. The lowest BCUT2D eigenvalue weighted by Gasteiger charge is -2.25. The summed E-state index contributed by atoms with van der Waals surface area (Å²) < 4.78 is 0. The molecule has 1 rings (SSSR count). The van der Waals surface area contributed by atoms with E-state index in [0.29, 0.717) is 30.8 Å². The molecule has 4 atom stereocenters. The fourth-order valence-electron chi connectivity index (χ4n) is 3.36. The number of nitrogens with two attached hydrogens (primary N) is 3. The molecule has 0 fully saturated rings. The molecule has 208 valence electrons. The third kappa shape index (κ3) is 12.6. The predicted molar refractivity (Wildman–Crippen MR) is 138 cm³/mol. The maximum absolute atomic E-state index is 13.1. The monoisotopic (exact) mass is 542 g/mol. The number of hydrogen-bond donors (Lipinski definition) is 8. The summed E-state index contributed by atoms with van der Waals surface area (Å²) >= 11 is 1.46. The van der Waals surface area contributed by atoms with Crippen LogP contribution in [0.3, 0.4) is 0 Å². The van der Waals surface area contributed by atoms with Crippen LogP contribution in [0.1, 0.15) is 44.2 Å². The summed E-state index contributed by atoms with van der Waals surface area (Å²) in [5, 5.41) is 17.0. The summed E-state index contributed by atoms with van der Waals surface area (Å²) in [5.41, 5.74) is 17.3. The number of primary amides is 1. The number of aromatic amines is 1. The summed E-state index contributed by atoms with van der Waals surface area (Å²) in [4.78, 5) is 68.3. The lowest BCUT2D eigenvalue weighted by Crippen LogP contribution is -2.57. The molecule has 0 saturated heterocycles. The first-order chi connectivity index (χ1) is 17.6. The standard InChI is InChI=1S/C22H38N8O6S/c1-37-9-7-16(28-19(32)14(24)10-13-11-26-12-27-13)21(34)29-15(5-6-18(25)31)20(33)30-17(22(35)36)4-2-3-8-23/h11-12,14-17H,2-10,23-24H2,1H3,(H2,25,31)(H,26,27)(H,28,32)(H,29,34)(H,30,33)(H,35,36). The third-order valence-electron chi connectivity index (χ3n) is 5.45. The number of aliphatic carboxylic acids is 1. The van der Waals surface area contributed by atoms with E-state index in [2.05, 4.69) is 25.9 Å². The highest BCUT2D eigenvalue weighted by atomic mass is 32.2. The van der Waals surface area contributed by atoms with E-state index in [9.17, 15) is 29.1 Å². The number of carbonyl (C=O) groups excluding carboxylic acids is 4. The van der Waals surface area contributed by atoms with Gasteiger partial charge >= 0.3 is 5.97 Å². The number of nitrogens with zero attached hydrogens (tertiary/aromatic N) is 1. The van der Waals surface area contributed by atoms with Crippen LogP contribution in [0.25, 0.3) is 0 Å². The highest BCUT2D eigenvalue weighted by Gasteiger charge is 2.30. The number of thioether (sulfide) groups is 1. The SMILES string of the molecule is CSCCC(NC(=O)C(N)Cc1cnc[nH]1)C(=O)NC(CCC(N)=O)C(=O)NC(CCCCN)C(=O)O. The number of H-pyrrole nitrogens is 1. The second-order valence-electron chi connectivity index (χ2n) is 8.48. The largest absolute Gasteiger partial charge is 0.480 e. The van der Waals surface area contributed by atoms with Gasteiger partial charge in [0.05, 0.1) is 12.4 Å². The molecule has 4 amide bonds. The number of hydrogen-bond acceptors (Lipinski definition) is 9. The van der Waals surface area contributed by atoms with E-state index in [1.165, 1.54) is 24.3 Å². The van der Waals surface area contributed by atoms with E-state index >= 15 is 0 Å². The number of carbonyl (C=O) groups is 5. The normalized spacial score (nSPS) is 14.1. The van der Waals surface area contributed by atoms with Crippen molar-refractivity contribution in [3.63, 3.8) is 0 Å². The number of unbranched alkanes of at least 4 members (excludes halogenated alkanes) is 1. The summed E-state index contributed by atoms with van der Waals surface area (Å²) in [6.07, 6.45) is 6.09. The molecule has 1 heterocycles. The highest BCUT2D eigenvalue weighted by Crippen LogP contribution is 2.07. The molecule has 0 bridgehead atoms. The molecule has 0 aliphatic heterocycles. The van der Waals surface area contributed by atoms with Crippen LogP contribution in [0.2, 0.25) is 0 Å². The topological polar surface area (TPSA) is 248 Å². The van der Waals surface area contributed by atoms with Crippen molar-refractivity contribution in [3.8, 4) is 0 Å². The first-order valence-corrected chi connectivity index (χ1v) is 13.3. The van der Waals surface area contributed by atoms with Crippen LogP contribution >= 0.6 is 11.8 Å². The van der Waals surface area contributed by atoms with Crippen molar-refractivity contribution in [2.24, 2.45) is 17.2 Å². The first-order valence-electron chi connectivity index (χ1n) is 11.9. The Morgan fingerprint density at radius 1 is 1.00 bits per heavy atom. The first kappa shape index (κ1) is 31.9. The van der Waals surface area contributed by atoms with Crippen molar-refractivity contribution in [1.82, 2.24) is 25.9 Å². The van der Waals surface area contributed by atoms with Gasteiger partial charge in [-0.15, -0.1) is 0 Å². The van der Waals surface area contributed by atoms with Crippen LogP contribution in [-0.2, 0) is 30.4 Å². The lowest BCUT2D eigenvalue weighted by atomic mass is 10.1. The second kappa shape index (κ2) is 17.3. The fraction of sp³-hybridized carbons (Fsp3) is 0.636. The summed E-state index contributed by atoms with van der Waals surface area (Å²) in [7, 11) is 0. The number of aromatic nitrogens is 2. The van der Waals surface area contributed by atoms with Crippen molar-refractivity contribution in [1.29, 1.82) is 0 Å². The van der Waals surface area contributed by atoms with Crippen molar-refractivity contribution in [2.45, 2.75) is 69.1 Å². The van der Waals surface area contributed by atoms with Crippen molar-refractivity contribution in [3.05, 3.63) is 18.2 Å². The van der Waals surface area contributed by atoms with Crippen LogP contribution in [0.15, 0.2) is 12.5 Å². The van der Waals surface area contributed by atoms with Crippen molar-refractivity contribution >= 4 is 41.4 Å². The number of imidazole rings is 1. The minimum Gasteiger partial charge on any atom is -0.480 e. The van der Waals surface area contributed by atoms with Crippen LogP contribution < -0.4 is 33.2 Å². The van der Waals surface area contributed by atoms with E-state index in [1.54, 1.807) is 0 Å². The zero-order valence-electron chi connectivity index (χ0n) is 20.9. The molecular formula is C22H38N8O6S. The molecule has 0 aliphatic rings. The molecular weight excluding hydrogens is 504 g/mol.